The molecule has 2 rings (SSSR count). The van der Waals surface area contributed by atoms with Crippen LogP contribution in [0.5, 0.6) is 0 Å². The van der Waals surface area contributed by atoms with Crippen LogP contribution in [0.4, 0.5) is 5.69 Å². The quantitative estimate of drug-likeness (QED) is 0.899. The fourth-order valence-corrected chi connectivity index (χ4v) is 3.07. The number of benzene rings is 1. The Morgan fingerprint density at radius 3 is 2.22 bits per heavy atom. The smallest absolute Gasteiger partial charge is 0.0745 e. The second kappa shape index (κ2) is 6.11. The molecule has 0 radical (unpaired) electrons. The van der Waals surface area contributed by atoms with Gasteiger partial charge in [-0.25, -0.2) is 0 Å². The van der Waals surface area contributed by atoms with Crippen LogP contribution in [0, 0.1) is 0 Å². The molecule has 0 unspecified atom stereocenters. The van der Waals surface area contributed by atoms with Crippen molar-refractivity contribution >= 4 is 28.9 Å². The molecule has 1 atom stereocenters. The van der Waals surface area contributed by atoms with Crippen molar-refractivity contribution in [3.63, 3.8) is 0 Å². The Labute approximate surface area is 117 Å². The lowest BCUT2D eigenvalue weighted by molar-refractivity contribution is 0.268. The highest BCUT2D eigenvalue weighted by molar-refractivity contribution is 6.39. The van der Waals surface area contributed by atoms with Gasteiger partial charge in [0.25, 0.3) is 0 Å². The summed E-state index contributed by atoms with van der Waals surface area (Å²) in [5.41, 5.74) is 7.45. The van der Waals surface area contributed by atoms with Gasteiger partial charge in [-0.2, -0.15) is 0 Å². The van der Waals surface area contributed by atoms with E-state index in [0.29, 0.717) is 10.0 Å². The van der Waals surface area contributed by atoms with Crippen LogP contribution in [0.3, 0.4) is 0 Å². The standard InChI is InChI=1S/C13H18Cl2N2O/c14-10-6-9(12(16)8-18)7-11(15)13(10)17-4-2-1-3-5-17/h6-7,12,18H,1-5,8,16H2/t12-/m1/s1. The summed E-state index contributed by atoms with van der Waals surface area (Å²) in [5.74, 6) is 0. The molecule has 0 bridgehead atoms. The zero-order chi connectivity index (χ0) is 13.1. The number of nitrogens with zero attached hydrogens (tertiary/aromatic N) is 1. The number of piperidine rings is 1. The van der Waals surface area contributed by atoms with Crippen LogP contribution >= 0.6 is 23.2 Å². The molecule has 1 saturated heterocycles. The van der Waals surface area contributed by atoms with Gasteiger partial charge in [-0.15, -0.1) is 0 Å². The van der Waals surface area contributed by atoms with Crippen molar-refractivity contribution in [2.24, 2.45) is 5.73 Å². The van der Waals surface area contributed by atoms with E-state index in [1.807, 2.05) is 0 Å². The first-order chi connectivity index (χ1) is 8.63. The van der Waals surface area contributed by atoms with E-state index in [1.54, 1.807) is 12.1 Å². The lowest BCUT2D eigenvalue weighted by Gasteiger charge is -2.30. The molecule has 1 fully saturated rings. The van der Waals surface area contributed by atoms with Gasteiger partial charge in [0.15, 0.2) is 0 Å². The largest absolute Gasteiger partial charge is 0.394 e. The molecule has 1 aromatic carbocycles. The second-order valence-corrected chi connectivity index (χ2v) is 5.48. The third-order valence-electron chi connectivity index (χ3n) is 3.34. The van der Waals surface area contributed by atoms with Crippen LogP contribution in [0.2, 0.25) is 10.0 Å². The summed E-state index contributed by atoms with van der Waals surface area (Å²) in [6, 6.07) is 3.17. The van der Waals surface area contributed by atoms with Crippen LogP contribution in [0.1, 0.15) is 30.9 Å². The Kier molecular flexibility index (Phi) is 4.73. The molecule has 3 nitrogen and oxygen atoms in total. The number of hydrogen-bond acceptors (Lipinski definition) is 3. The lowest BCUT2D eigenvalue weighted by Crippen LogP contribution is -2.30. The third kappa shape index (κ3) is 2.91. The van der Waals surface area contributed by atoms with Crippen molar-refractivity contribution in [1.82, 2.24) is 0 Å². The third-order valence-corrected chi connectivity index (χ3v) is 3.91. The molecular formula is C13H18Cl2N2O. The van der Waals surface area contributed by atoms with E-state index < -0.39 is 6.04 Å². The Morgan fingerprint density at radius 1 is 1.17 bits per heavy atom. The highest BCUT2D eigenvalue weighted by Gasteiger charge is 2.19. The number of anilines is 1. The van der Waals surface area contributed by atoms with Gasteiger partial charge >= 0.3 is 0 Å². The average molecular weight is 289 g/mol. The van der Waals surface area contributed by atoms with Gasteiger partial charge in [-0.1, -0.05) is 23.2 Å². The molecule has 0 amide bonds. The second-order valence-electron chi connectivity index (χ2n) is 4.67. The molecule has 0 aliphatic carbocycles. The highest BCUT2D eigenvalue weighted by atomic mass is 35.5. The monoisotopic (exact) mass is 288 g/mol. The Balaban J connectivity index is 2.31. The first kappa shape index (κ1) is 13.9. The minimum Gasteiger partial charge on any atom is -0.394 e. The molecule has 0 spiro atoms. The van der Waals surface area contributed by atoms with E-state index in [0.717, 1.165) is 24.3 Å². The molecule has 18 heavy (non-hydrogen) atoms. The minimum absolute atomic E-state index is 0.115. The topological polar surface area (TPSA) is 49.5 Å². The lowest BCUT2D eigenvalue weighted by atomic mass is 10.1. The number of nitrogens with two attached hydrogens (primary N) is 1. The van der Waals surface area contributed by atoms with Crippen LogP contribution in [0.25, 0.3) is 0 Å². The van der Waals surface area contributed by atoms with Gasteiger partial charge < -0.3 is 15.7 Å². The van der Waals surface area contributed by atoms with Gasteiger partial charge in [-0.05, 0) is 37.0 Å². The highest BCUT2D eigenvalue weighted by Crippen LogP contribution is 2.37. The maximum atomic E-state index is 9.07. The van der Waals surface area contributed by atoms with Crippen molar-refractivity contribution in [2.75, 3.05) is 24.6 Å². The fourth-order valence-electron chi connectivity index (χ4n) is 2.32. The van der Waals surface area contributed by atoms with E-state index >= 15 is 0 Å². The molecule has 1 aromatic rings. The molecule has 3 N–H and O–H groups in total. The van der Waals surface area contributed by atoms with E-state index in [2.05, 4.69) is 4.90 Å². The molecule has 0 aromatic heterocycles. The zero-order valence-electron chi connectivity index (χ0n) is 10.2. The maximum absolute atomic E-state index is 9.07. The molecule has 1 aliphatic heterocycles. The number of halogens is 2. The van der Waals surface area contributed by atoms with Gasteiger partial charge in [0.1, 0.15) is 0 Å². The van der Waals surface area contributed by atoms with E-state index in [4.69, 9.17) is 34.0 Å². The summed E-state index contributed by atoms with van der Waals surface area (Å²) in [7, 11) is 0. The Bertz CT molecular complexity index is 396. The maximum Gasteiger partial charge on any atom is 0.0745 e. The van der Waals surface area contributed by atoms with Crippen molar-refractivity contribution < 1.29 is 5.11 Å². The van der Waals surface area contributed by atoms with Gasteiger partial charge in [-0.3, -0.25) is 0 Å². The van der Waals surface area contributed by atoms with Crippen LogP contribution in [0.15, 0.2) is 12.1 Å². The SMILES string of the molecule is N[C@H](CO)c1cc(Cl)c(N2CCCCC2)c(Cl)c1. The van der Waals surface area contributed by atoms with E-state index in [-0.39, 0.29) is 6.61 Å². The predicted molar refractivity (Wildman–Crippen MR) is 76.5 cm³/mol. The molecule has 1 aliphatic rings. The number of aliphatic hydroxyl groups excluding tert-OH is 1. The molecule has 0 saturated carbocycles. The van der Waals surface area contributed by atoms with Crippen molar-refractivity contribution in [1.29, 1.82) is 0 Å². The molecule has 100 valence electrons. The first-order valence-corrected chi connectivity index (χ1v) is 6.99. The zero-order valence-corrected chi connectivity index (χ0v) is 11.7. The molecule has 5 heteroatoms. The normalized spacial score (nSPS) is 17.9. The summed E-state index contributed by atoms with van der Waals surface area (Å²) in [6.07, 6.45) is 3.61. The first-order valence-electron chi connectivity index (χ1n) is 6.24. The van der Waals surface area contributed by atoms with Crippen molar-refractivity contribution in [3.8, 4) is 0 Å². The van der Waals surface area contributed by atoms with E-state index in [9.17, 15) is 0 Å². The Hall–Kier alpha value is -0.480. The summed E-state index contributed by atoms with van der Waals surface area (Å²) >= 11 is 12.6. The fraction of sp³-hybridized carbons (Fsp3) is 0.538. The molecule has 1 heterocycles. The van der Waals surface area contributed by atoms with Crippen LogP contribution in [-0.2, 0) is 0 Å². The van der Waals surface area contributed by atoms with E-state index in [1.165, 1.54) is 19.3 Å². The summed E-state index contributed by atoms with van der Waals surface area (Å²) in [5, 5.41) is 10.3. The summed E-state index contributed by atoms with van der Waals surface area (Å²) < 4.78 is 0. The van der Waals surface area contributed by atoms with Gasteiger partial charge in [0, 0.05) is 13.1 Å². The average Bonchev–Trinajstić information content (AvgIpc) is 2.38. The predicted octanol–water partition coefficient (Wildman–Crippen LogP) is 2.98. The van der Waals surface area contributed by atoms with Crippen molar-refractivity contribution in [3.05, 3.63) is 27.7 Å². The number of hydrogen-bond donors (Lipinski definition) is 2. The van der Waals surface area contributed by atoms with Gasteiger partial charge in [0.2, 0.25) is 0 Å². The van der Waals surface area contributed by atoms with Crippen LogP contribution in [-0.4, -0.2) is 24.8 Å². The summed E-state index contributed by atoms with van der Waals surface area (Å²) in [4.78, 5) is 2.22. The Morgan fingerprint density at radius 2 is 1.72 bits per heavy atom. The van der Waals surface area contributed by atoms with Crippen molar-refractivity contribution in [2.45, 2.75) is 25.3 Å². The number of rotatable bonds is 3. The van der Waals surface area contributed by atoms with Gasteiger partial charge in [0.05, 0.1) is 28.4 Å². The molecular weight excluding hydrogens is 271 g/mol. The number of aliphatic hydroxyl groups is 1. The van der Waals surface area contributed by atoms with Crippen LogP contribution < -0.4 is 10.6 Å². The summed E-state index contributed by atoms with van der Waals surface area (Å²) in [6.45, 7) is 1.87. The minimum atomic E-state index is -0.435.